The van der Waals surface area contributed by atoms with Crippen LogP contribution in [-0.2, 0) is 0 Å². The molecule has 0 amide bonds. The van der Waals surface area contributed by atoms with Gasteiger partial charge in [-0.05, 0) is 5.21 Å². The molecule has 3 N–H and O–H groups in total. The number of amidine groups is 1. The Kier molecular flexibility index (Phi) is 2.28. The lowest BCUT2D eigenvalue weighted by atomic mass is 10.3. The van der Waals surface area contributed by atoms with Crippen molar-refractivity contribution in [2.75, 3.05) is 0 Å². The molecule has 10 nitrogen and oxygen atoms in total. The highest BCUT2D eigenvalue weighted by Crippen LogP contribution is 2.01. The van der Waals surface area contributed by atoms with Crippen LogP contribution in [0.2, 0.25) is 0 Å². The Balaban J connectivity index is 0.000000845. The number of aromatic amines is 1. The van der Waals surface area contributed by atoms with Crippen LogP contribution in [0.15, 0.2) is 15.4 Å². The molecule has 13 heavy (non-hydrogen) atoms. The fraction of sp³-hybridized carbons (Fsp3) is 0. The van der Waals surface area contributed by atoms with Crippen LogP contribution in [0.4, 0.5) is 0 Å². The first-order chi connectivity index (χ1) is 5.92. The normalized spacial score (nSPS) is 13.5. The monoisotopic (exact) mass is 181 g/mol. The Morgan fingerprint density at radius 2 is 2.23 bits per heavy atom. The number of aromatic nitrogens is 4. The highest BCUT2D eigenvalue weighted by Gasteiger charge is 2.29. The topological polar surface area (TPSA) is 159 Å². The van der Waals surface area contributed by atoms with Crippen molar-refractivity contribution in [3.63, 3.8) is 0 Å². The summed E-state index contributed by atoms with van der Waals surface area (Å²) in [6.07, 6.45) is 0. The van der Waals surface area contributed by atoms with Gasteiger partial charge in [-0.25, -0.2) is 0 Å². The Morgan fingerprint density at radius 3 is 2.85 bits per heavy atom. The molecule has 2 heterocycles. The van der Waals surface area contributed by atoms with Gasteiger partial charge in [0.2, 0.25) is 11.5 Å². The number of tetrazole rings is 1. The Morgan fingerprint density at radius 1 is 1.38 bits per heavy atom. The molecule has 0 fully saturated rings. The average molecular weight is 181 g/mol. The summed E-state index contributed by atoms with van der Waals surface area (Å²) in [5.74, 6) is 0.157. The van der Waals surface area contributed by atoms with Crippen molar-refractivity contribution >= 4 is 11.5 Å². The van der Waals surface area contributed by atoms with E-state index in [-0.39, 0.29) is 22.8 Å². The fourth-order valence-electron chi connectivity index (χ4n) is 0.676. The molecular formula is C3H3N9O. The lowest BCUT2D eigenvalue weighted by molar-refractivity contribution is -0.00316. The molecule has 0 radical (unpaired) electrons. The summed E-state index contributed by atoms with van der Waals surface area (Å²) in [4.78, 5) is 2.83. The molecule has 0 aromatic carbocycles. The minimum Gasteiger partial charge on any atom is -0.497 e. The van der Waals surface area contributed by atoms with Gasteiger partial charge in [0.25, 0.3) is 0 Å². The smallest absolute Gasteiger partial charge is 0.460 e. The zero-order chi connectivity index (χ0) is 8.39. The Hall–Kier alpha value is -2.32. The SMILES string of the molecule is O.[N-]=[N+]=C1N=NN=C1c1nn[nH]n1. The van der Waals surface area contributed by atoms with E-state index in [0.29, 0.717) is 0 Å². The minimum absolute atomic E-state index is 0. The van der Waals surface area contributed by atoms with Gasteiger partial charge < -0.3 is 15.8 Å². The summed E-state index contributed by atoms with van der Waals surface area (Å²) in [5.41, 5.74) is 8.59. The second kappa shape index (κ2) is 3.38. The highest BCUT2D eigenvalue weighted by molar-refractivity contribution is 6.45. The van der Waals surface area contributed by atoms with Crippen molar-refractivity contribution in [3.8, 4) is 0 Å². The van der Waals surface area contributed by atoms with Crippen LogP contribution >= 0.6 is 0 Å². The number of H-pyrrole nitrogens is 1. The van der Waals surface area contributed by atoms with Gasteiger partial charge in [0, 0.05) is 0 Å². The largest absolute Gasteiger partial charge is 0.497 e. The van der Waals surface area contributed by atoms with Gasteiger partial charge in [0.1, 0.15) is 5.11 Å². The van der Waals surface area contributed by atoms with E-state index in [1.807, 2.05) is 0 Å². The molecule has 2 rings (SSSR count). The lowest BCUT2D eigenvalue weighted by Crippen LogP contribution is -2.12. The maximum atomic E-state index is 8.40. The molecular weight excluding hydrogens is 178 g/mol. The van der Waals surface area contributed by atoms with Crippen LogP contribution in [0.5, 0.6) is 0 Å². The number of hydrogen-bond acceptors (Lipinski definition) is 5. The van der Waals surface area contributed by atoms with E-state index in [2.05, 4.69) is 40.9 Å². The van der Waals surface area contributed by atoms with Crippen LogP contribution in [0, 0.1) is 0 Å². The van der Waals surface area contributed by atoms with Crippen LogP contribution < -0.4 is 0 Å². The quantitative estimate of drug-likeness (QED) is 0.399. The van der Waals surface area contributed by atoms with E-state index in [4.69, 9.17) is 5.53 Å². The molecule has 0 spiro atoms. The zero-order valence-corrected chi connectivity index (χ0v) is 6.08. The molecule has 0 aliphatic carbocycles. The highest BCUT2D eigenvalue weighted by atomic mass is 16.0. The van der Waals surface area contributed by atoms with Gasteiger partial charge in [-0.1, -0.05) is 5.10 Å². The number of nitrogens with one attached hydrogen (secondary N) is 1. The molecule has 0 unspecified atom stereocenters. The standard InChI is InChI=1S/C3HN9.H2O/c4-5-2-1(6-10-7-2)3-8-11-12-9-3;/h(H,8,9,11,12);1H2. The van der Waals surface area contributed by atoms with E-state index in [0.717, 1.165) is 0 Å². The number of rotatable bonds is 1. The third-order valence-corrected chi connectivity index (χ3v) is 1.15. The van der Waals surface area contributed by atoms with Gasteiger partial charge >= 0.3 is 5.84 Å². The second-order valence-electron chi connectivity index (χ2n) is 1.80. The Bertz CT molecular complexity index is 395. The van der Waals surface area contributed by atoms with Crippen LogP contribution in [0.1, 0.15) is 5.82 Å². The van der Waals surface area contributed by atoms with Crippen molar-refractivity contribution in [2.45, 2.75) is 0 Å². The third kappa shape index (κ3) is 1.34. The maximum Gasteiger partial charge on any atom is 0.460 e. The van der Waals surface area contributed by atoms with E-state index in [1.165, 1.54) is 0 Å². The van der Waals surface area contributed by atoms with Crippen molar-refractivity contribution in [1.29, 1.82) is 0 Å². The average Bonchev–Trinajstić information content (AvgIpc) is 2.74. The molecule has 1 aromatic rings. The van der Waals surface area contributed by atoms with E-state index < -0.39 is 0 Å². The van der Waals surface area contributed by atoms with E-state index in [1.54, 1.807) is 0 Å². The molecule has 0 saturated heterocycles. The van der Waals surface area contributed by atoms with Crippen molar-refractivity contribution in [3.05, 3.63) is 11.4 Å². The Labute approximate surface area is 70.3 Å². The molecule has 1 aliphatic rings. The molecule has 0 bridgehead atoms. The predicted molar refractivity (Wildman–Crippen MR) is 37.8 cm³/mol. The molecule has 0 saturated carbocycles. The van der Waals surface area contributed by atoms with Crippen LogP contribution in [-0.4, -0.2) is 42.4 Å². The van der Waals surface area contributed by atoms with Gasteiger partial charge in [0.05, 0.1) is 5.22 Å². The summed E-state index contributed by atoms with van der Waals surface area (Å²) in [6.45, 7) is 0. The van der Waals surface area contributed by atoms with Crippen LogP contribution in [0.3, 0.4) is 0 Å². The lowest BCUT2D eigenvalue weighted by Gasteiger charge is -1.79. The fourth-order valence-corrected chi connectivity index (χ4v) is 0.676. The molecule has 1 aliphatic heterocycles. The van der Waals surface area contributed by atoms with Gasteiger partial charge in [-0.3, -0.25) is 0 Å². The summed E-state index contributed by atoms with van der Waals surface area (Å²) in [7, 11) is 0. The summed E-state index contributed by atoms with van der Waals surface area (Å²) in [6, 6.07) is 0. The molecule has 66 valence electrons. The second-order valence-corrected chi connectivity index (χ2v) is 1.80. The first-order valence-corrected chi connectivity index (χ1v) is 2.87. The molecule has 1 aromatic heterocycles. The van der Waals surface area contributed by atoms with Crippen molar-refractivity contribution < 1.29 is 10.3 Å². The predicted octanol–water partition coefficient (Wildman–Crippen LogP) is -1.83. The third-order valence-electron chi connectivity index (χ3n) is 1.15. The summed E-state index contributed by atoms with van der Waals surface area (Å²) >= 11 is 0. The molecule has 0 atom stereocenters. The van der Waals surface area contributed by atoms with Crippen LogP contribution in [0.25, 0.3) is 5.53 Å². The van der Waals surface area contributed by atoms with Gasteiger partial charge in [-0.2, -0.15) is 5.21 Å². The summed E-state index contributed by atoms with van der Waals surface area (Å²) < 4.78 is 0. The maximum absolute atomic E-state index is 8.40. The summed E-state index contributed by atoms with van der Waals surface area (Å²) in [5, 5.41) is 22.9. The van der Waals surface area contributed by atoms with Gasteiger partial charge in [0.15, 0.2) is 0 Å². The van der Waals surface area contributed by atoms with Gasteiger partial charge in [-0.15, -0.1) is 10.2 Å². The zero-order valence-electron chi connectivity index (χ0n) is 6.08. The van der Waals surface area contributed by atoms with E-state index in [9.17, 15) is 0 Å². The molecule has 10 heteroatoms. The first kappa shape index (κ1) is 8.77. The van der Waals surface area contributed by atoms with E-state index >= 15 is 0 Å². The van der Waals surface area contributed by atoms with Crippen molar-refractivity contribution in [2.24, 2.45) is 15.4 Å². The number of hydrogen-bond donors (Lipinski definition) is 1. The minimum atomic E-state index is -0.0311. The van der Waals surface area contributed by atoms with Crippen molar-refractivity contribution in [1.82, 2.24) is 20.6 Å². The number of nitrogens with zero attached hydrogens (tertiary/aromatic N) is 8. The first-order valence-electron chi connectivity index (χ1n) is 2.87.